The highest BCUT2D eigenvalue weighted by Gasteiger charge is 2.14. The first kappa shape index (κ1) is 10.8. The molecular formula is C12H17NO. The lowest BCUT2D eigenvalue weighted by molar-refractivity contribution is -0.119. The first-order valence-corrected chi connectivity index (χ1v) is 4.93. The van der Waals surface area contributed by atoms with Crippen LogP contribution in [0.2, 0.25) is 0 Å². The molecule has 0 fully saturated rings. The van der Waals surface area contributed by atoms with E-state index in [9.17, 15) is 4.79 Å². The molecule has 76 valence electrons. The minimum atomic E-state index is 0.0280. The molecule has 1 N–H and O–H groups in total. The van der Waals surface area contributed by atoms with Gasteiger partial charge in [0.05, 0.1) is 0 Å². The molecule has 14 heavy (non-hydrogen) atoms. The highest BCUT2D eigenvalue weighted by atomic mass is 16.1. The van der Waals surface area contributed by atoms with Crippen LogP contribution in [0.15, 0.2) is 30.3 Å². The second-order valence-corrected chi connectivity index (χ2v) is 3.69. The predicted molar refractivity (Wildman–Crippen MR) is 58.1 cm³/mol. The van der Waals surface area contributed by atoms with Gasteiger partial charge in [0.1, 0.15) is 0 Å². The number of hydrogen-bond donors (Lipinski definition) is 1. The largest absolute Gasteiger partial charge is 0.353 e. The molecule has 0 aliphatic rings. The van der Waals surface area contributed by atoms with Crippen LogP contribution in [0.1, 0.15) is 32.3 Å². The van der Waals surface area contributed by atoms with Crippen molar-refractivity contribution >= 4 is 5.91 Å². The molecule has 2 unspecified atom stereocenters. The molecule has 1 rings (SSSR count). The van der Waals surface area contributed by atoms with Gasteiger partial charge >= 0.3 is 0 Å². The molecule has 0 spiro atoms. The molecule has 2 atom stereocenters. The molecule has 0 aromatic heterocycles. The zero-order valence-electron chi connectivity index (χ0n) is 8.95. The van der Waals surface area contributed by atoms with Crippen molar-refractivity contribution < 1.29 is 4.79 Å². The van der Waals surface area contributed by atoms with Crippen LogP contribution in [0.4, 0.5) is 0 Å². The summed E-state index contributed by atoms with van der Waals surface area (Å²) in [4.78, 5) is 10.9. The fourth-order valence-electron chi connectivity index (χ4n) is 1.49. The SMILES string of the molecule is CC(=O)NC(C)C(C)c1ccccc1. The lowest BCUT2D eigenvalue weighted by Gasteiger charge is -2.20. The molecule has 0 radical (unpaired) electrons. The van der Waals surface area contributed by atoms with Crippen LogP contribution in [-0.4, -0.2) is 11.9 Å². The Hall–Kier alpha value is -1.31. The normalized spacial score (nSPS) is 14.5. The van der Waals surface area contributed by atoms with E-state index in [-0.39, 0.29) is 11.9 Å². The number of carbonyl (C=O) groups is 1. The van der Waals surface area contributed by atoms with Gasteiger partial charge in [0.2, 0.25) is 5.91 Å². The Labute approximate surface area is 85.3 Å². The number of amides is 1. The summed E-state index contributed by atoms with van der Waals surface area (Å²) in [5, 5.41) is 2.90. The molecule has 0 aliphatic carbocycles. The smallest absolute Gasteiger partial charge is 0.217 e. The molecule has 0 saturated carbocycles. The third-order valence-electron chi connectivity index (χ3n) is 2.51. The Bertz CT molecular complexity index is 294. The lowest BCUT2D eigenvalue weighted by Crippen LogP contribution is -2.34. The summed E-state index contributed by atoms with van der Waals surface area (Å²) in [6, 6.07) is 10.4. The molecule has 2 nitrogen and oxygen atoms in total. The van der Waals surface area contributed by atoms with Gasteiger partial charge in [0.15, 0.2) is 0 Å². The van der Waals surface area contributed by atoms with Crippen molar-refractivity contribution in [3.05, 3.63) is 35.9 Å². The first-order chi connectivity index (χ1) is 6.61. The van der Waals surface area contributed by atoms with Gasteiger partial charge in [-0.3, -0.25) is 4.79 Å². The summed E-state index contributed by atoms with van der Waals surface area (Å²) in [6.45, 7) is 5.70. The third kappa shape index (κ3) is 2.87. The highest BCUT2D eigenvalue weighted by molar-refractivity contribution is 5.73. The van der Waals surface area contributed by atoms with E-state index in [1.54, 1.807) is 6.92 Å². The van der Waals surface area contributed by atoms with Crippen LogP contribution < -0.4 is 5.32 Å². The number of hydrogen-bond acceptors (Lipinski definition) is 1. The van der Waals surface area contributed by atoms with Crippen molar-refractivity contribution in [1.82, 2.24) is 5.32 Å². The zero-order valence-corrected chi connectivity index (χ0v) is 8.95. The van der Waals surface area contributed by atoms with Crippen LogP contribution >= 0.6 is 0 Å². The van der Waals surface area contributed by atoms with Gasteiger partial charge in [0, 0.05) is 18.9 Å². The van der Waals surface area contributed by atoms with Crippen molar-refractivity contribution in [1.29, 1.82) is 0 Å². The van der Waals surface area contributed by atoms with E-state index in [1.165, 1.54) is 5.56 Å². The van der Waals surface area contributed by atoms with E-state index in [4.69, 9.17) is 0 Å². The van der Waals surface area contributed by atoms with E-state index in [0.717, 1.165) is 0 Å². The first-order valence-electron chi connectivity index (χ1n) is 4.93. The van der Waals surface area contributed by atoms with E-state index >= 15 is 0 Å². The highest BCUT2D eigenvalue weighted by Crippen LogP contribution is 2.18. The Morgan fingerprint density at radius 1 is 1.21 bits per heavy atom. The van der Waals surface area contributed by atoms with E-state index in [0.29, 0.717) is 5.92 Å². The second-order valence-electron chi connectivity index (χ2n) is 3.69. The topological polar surface area (TPSA) is 29.1 Å². The number of nitrogens with one attached hydrogen (secondary N) is 1. The fourth-order valence-corrected chi connectivity index (χ4v) is 1.49. The Morgan fingerprint density at radius 3 is 2.29 bits per heavy atom. The van der Waals surface area contributed by atoms with Crippen LogP contribution in [0, 0.1) is 0 Å². The van der Waals surface area contributed by atoms with Crippen molar-refractivity contribution in [2.75, 3.05) is 0 Å². The van der Waals surface area contributed by atoms with Gasteiger partial charge in [-0.25, -0.2) is 0 Å². The number of benzene rings is 1. The van der Waals surface area contributed by atoms with Gasteiger partial charge in [-0.1, -0.05) is 37.3 Å². The second kappa shape index (κ2) is 4.80. The van der Waals surface area contributed by atoms with Crippen LogP contribution in [0.3, 0.4) is 0 Å². The maximum absolute atomic E-state index is 10.9. The minimum absolute atomic E-state index is 0.0280. The lowest BCUT2D eigenvalue weighted by atomic mass is 9.94. The van der Waals surface area contributed by atoms with Crippen molar-refractivity contribution in [3.63, 3.8) is 0 Å². The maximum atomic E-state index is 10.9. The summed E-state index contributed by atoms with van der Waals surface area (Å²) in [5.74, 6) is 0.375. The van der Waals surface area contributed by atoms with Crippen molar-refractivity contribution in [2.24, 2.45) is 0 Å². The van der Waals surface area contributed by atoms with Crippen molar-refractivity contribution in [3.8, 4) is 0 Å². The monoisotopic (exact) mass is 191 g/mol. The molecule has 0 heterocycles. The van der Waals surface area contributed by atoms with Crippen LogP contribution in [-0.2, 0) is 4.79 Å². The quantitative estimate of drug-likeness (QED) is 0.780. The van der Waals surface area contributed by atoms with E-state index in [1.807, 2.05) is 25.1 Å². The maximum Gasteiger partial charge on any atom is 0.217 e. The van der Waals surface area contributed by atoms with Gasteiger partial charge in [-0.2, -0.15) is 0 Å². The Morgan fingerprint density at radius 2 is 1.79 bits per heavy atom. The molecule has 0 aliphatic heterocycles. The summed E-state index contributed by atoms with van der Waals surface area (Å²) in [6.07, 6.45) is 0. The molecule has 1 amide bonds. The fraction of sp³-hybridized carbons (Fsp3) is 0.417. The van der Waals surface area contributed by atoms with Gasteiger partial charge in [-0.15, -0.1) is 0 Å². The number of carbonyl (C=O) groups excluding carboxylic acids is 1. The summed E-state index contributed by atoms with van der Waals surface area (Å²) in [7, 11) is 0. The average molecular weight is 191 g/mol. The molecule has 2 heteroatoms. The molecular weight excluding hydrogens is 174 g/mol. The Kier molecular flexibility index (Phi) is 3.69. The van der Waals surface area contributed by atoms with Crippen LogP contribution in [0.25, 0.3) is 0 Å². The predicted octanol–water partition coefficient (Wildman–Crippen LogP) is 2.31. The molecule has 0 saturated heterocycles. The number of rotatable bonds is 3. The zero-order chi connectivity index (χ0) is 10.6. The third-order valence-corrected chi connectivity index (χ3v) is 2.51. The minimum Gasteiger partial charge on any atom is -0.353 e. The van der Waals surface area contributed by atoms with E-state index in [2.05, 4.69) is 24.4 Å². The summed E-state index contributed by atoms with van der Waals surface area (Å²) < 4.78 is 0. The van der Waals surface area contributed by atoms with Gasteiger partial charge in [-0.05, 0) is 12.5 Å². The van der Waals surface area contributed by atoms with Gasteiger partial charge < -0.3 is 5.32 Å². The van der Waals surface area contributed by atoms with Gasteiger partial charge in [0.25, 0.3) is 0 Å². The summed E-state index contributed by atoms with van der Waals surface area (Å²) in [5.41, 5.74) is 1.26. The molecule has 1 aromatic carbocycles. The van der Waals surface area contributed by atoms with Crippen LogP contribution in [0.5, 0.6) is 0 Å². The molecule has 0 bridgehead atoms. The van der Waals surface area contributed by atoms with E-state index < -0.39 is 0 Å². The summed E-state index contributed by atoms with van der Waals surface area (Å²) >= 11 is 0. The Balaban J connectivity index is 2.65. The van der Waals surface area contributed by atoms with Crippen molar-refractivity contribution in [2.45, 2.75) is 32.7 Å². The standard InChI is InChI=1S/C12H17NO/c1-9(10(2)13-11(3)14)12-7-5-4-6-8-12/h4-10H,1-3H3,(H,13,14). The average Bonchev–Trinajstić information content (AvgIpc) is 2.17. The molecule has 1 aromatic rings.